The van der Waals surface area contributed by atoms with Crippen LogP contribution in [0.2, 0.25) is 0 Å². The molecular formula is C13H10BrNO3. The molecule has 0 amide bonds. The maximum atomic E-state index is 10.6. The quantitative estimate of drug-likeness (QED) is 0.635. The summed E-state index contributed by atoms with van der Waals surface area (Å²) in [5, 5.41) is 10.6. The number of hydrogen-bond acceptors (Lipinski definition) is 3. The summed E-state index contributed by atoms with van der Waals surface area (Å²) in [5.74, 6) is 0.594. The van der Waals surface area contributed by atoms with Gasteiger partial charge in [0, 0.05) is 12.1 Å². The molecule has 0 fully saturated rings. The lowest BCUT2D eigenvalue weighted by Gasteiger charge is -2.06. The smallest absolute Gasteiger partial charge is 0.283 e. The third kappa shape index (κ3) is 3.07. The van der Waals surface area contributed by atoms with Crippen molar-refractivity contribution >= 4 is 21.6 Å². The summed E-state index contributed by atoms with van der Waals surface area (Å²) >= 11 is 3.15. The standard InChI is InChI=1S/C13H10BrNO3/c14-12-8-11(6-7-13(12)15(16)17)18-9-10-4-2-1-3-5-10/h1-8H,9H2. The van der Waals surface area contributed by atoms with Crippen LogP contribution in [0.4, 0.5) is 5.69 Å². The molecule has 0 radical (unpaired) electrons. The van der Waals surface area contributed by atoms with E-state index in [1.807, 2.05) is 30.3 Å². The van der Waals surface area contributed by atoms with Crippen LogP contribution in [0.1, 0.15) is 5.56 Å². The Morgan fingerprint density at radius 1 is 1.17 bits per heavy atom. The first-order valence-corrected chi connectivity index (χ1v) is 6.07. The molecule has 18 heavy (non-hydrogen) atoms. The monoisotopic (exact) mass is 307 g/mol. The molecule has 0 bridgehead atoms. The van der Waals surface area contributed by atoms with Gasteiger partial charge in [-0.15, -0.1) is 0 Å². The van der Waals surface area contributed by atoms with Gasteiger partial charge >= 0.3 is 0 Å². The molecule has 0 unspecified atom stereocenters. The summed E-state index contributed by atoms with van der Waals surface area (Å²) in [6.45, 7) is 0.436. The highest BCUT2D eigenvalue weighted by Gasteiger charge is 2.11. The number of hydrogen-bond donors (Lipinski definition) is 0. The number of benzene rings is 2. The lowest BCUT2D eigenvalue weighted by molar-refractivity contribution is -0.385. The van der Waals surface area contributed by atoms with Crippen LogP contribution in [-0.4, -0.2) is 4.92 Å². The van der Waals surface area contributed by atoms with Crippen molar-refractivity contribution in [2.75, 3.05) is 0 Å². The van der Waals surface area contributed by atoms with Gasteiger partial charge in [0.2, 0.25) is 0 Å². The van der Waals surface area contributed by atoms with E-state index in [9.17, 15) is 10.1 Å². The molecule has 92 valence electrons. The van der Waals surface area contributed by atoms with Crippen LogP contribution in [-0.2, 0) is 6.61 Å². The largest absolute Gasteiger partial charge is 0.489 e. The van der Waals surface area contributed by atoms with Gasteiger partial charge < -0.3 is 4.74 Å². The van der Waals surface area contributed by atoms with Crippen molar-refractivity contribution in [2.45, 2.75) is 6.61 Å². The Labute approximate surface area is 112 Å². The first-order chi connectivity index (χ1) is 8.66. The van der Waals surface area contributed by atoms with E-state index in [4.69, 9.17) is 4.74 Å². The molecule has 2 aromatic carbocycles. The molecular weight excluding hydrogens is 298 g/mol. The average molecular weight is 308 g/mol. The lowest BCUT2D eigenvalue weighted by Crippen LogP contribution is -1.96. The molecule has 2 rings (SSSR count). The van der Waals surface area contributed by atoms with Gasteiger partial charge in [0.1, 0.15) is 12.4 Å². The molecule has 2 aromatic rings. The van der Waals surface area contributed by atoms with Crippen molar-refractivity contribution in [1.29, 1.82) is 0 Å². The minimum absolute atomic E-state index is 0.0297. The fourth-order valence-corrected chi connectivity index (χ4v) is 1.97. The Morgan fingerprint density at radius 3 is 2.50 bits per heavy atom. The fraction of sp³-hybridized carbons (Fsp3) is 0.0769. The van der Waals surface area contributed by atoms with Gasteiger partial charge in [-0.2, -0.15) is 0 Å². The van der Waals surface area contributed by atoms with Gasteiger partial charge in [0.25, 0.3) is 5.69 Å². The van der Waals surface area contributed by atoms with E-state index >= 15 is 0 Å². The predicted octanol–water partition coefficient (Wildman–Crippen LogP) is 3.94. The van der Waals surface area contributed by atoms with E-state index in [1.165, 1.54) is 6.07 Å². The molecule has 0 aliphatic heterocycles. The molecule has 0 saturated heterocycles. The Bertz CT molecular complexity index is 557. The minimum Gasteiger partial charge on any atom is -0.489 e. The predicted molar refractivity (Wildman–Crippen MR) is 71.6 cm³/mol. The molecule has 0 atom stereocenters. The average Bonchev–Trinajstić information content (AvgIpc) is 2.37. The topological polar surface area (TPSA) is 52.4 Å². The van der Waals surface area contributed by atoms with Gasteiger partial charge in [-0.05, 0) is 27.6 Å². The molecule has 0 saturated carbocycles. The Balaban J connectivity index is 2.07. The minimum atomic E-state index is -0.439. The first kappa shape index (κ1) is 12.6. The summed E-state index contributed by atoms with van der Waals surface area (Å²) in [5.41, 5.74) is 1.08. The molecule has 0 heterocycles. The summed E-state index contributed by atoms with van der Waals surface area (Å²) in [6, 6.07) is 14.3. The SMILES string of the molecule is O=[N+]([O-])c1ccc(OCc2ccccc2)cc1Br. The number of nitrogens with zero attached hydrogens (tertiary/aromatic N) is 1. The van der Waals surface area contributed by atoms with Crippen LogP contribution in [0.3, 0.4) is 0 Å². The zero-order chi connectivity index (χ0) is 13.0. The van der Waals surface area contributed by atoms with Crippen LogP contribution >= 0.6 is 15.9 Å². The van der Waals surface area contributed by atoms with Crippen molar-refractivity contribution < 1.29 is 9.66 Å². The molecule has 0 aromatic heterocycles. The Kier molecular flexibility index (Phi) is 3.94. The third-order valence-electron chi connectivity index (χ3n) is 2.36. The van der Waals surface area contributed by atoms with E-state index in [0.29, 0.717) is 16.8 Å². The van der Waals surface area contributed by atoms with E-state index in [2.05, 4.69) is 15.9 Å². The van der Waals surface area contributed by atoms with Crippen molar-refractivity contribution in [2.24, 2.45) is 0 Å². The summed E-state index contributed by atoms with van der Waals surface area (Å²) in [6.07, 6.45) is 0. The van der Waals surface area contributed by atoms with Crippen LogP contribution in [0.15, 0.2) is 53.0 Å². The summed E-state index contributed by atoms with van der Waals surface area (Å²) < 4.78 is 5.97. The molecule has 0 spiro atoms. The number of halogens is 1. The van der Waals surface area contributed by atoms with Gasteiger partial charge in [0.05, 0.1) is 9.40 Å². The Hall–Kier alpha value is -1.88. The van der Waals surface area contributed by atoms with E-state index in [0.717, 1.165) is 5.56 Å². The van der Waals surface area contributed by atoms with Crippen LogP contribution in [0, 0.1) is 10.1 Å². The van der Waals surface area contributed by atoms with E-state index in [1.54, 1.807) is 12.1 Å². The van der Waals surface area contributed by atoms with Gasteiger partial charge in [-0.25, -0.2) is 0 Å². The lowest BCUT2D eigenvalue weighted by atomic mass is 10.2. The summed E-state index contributed by atoms with van der Waals surface area (Å²) in [4.78, 5) is 10.2. The second-order valence-corrected chi connectivity index (χ2v) is 4.50. The Morgan fingerprint density at radius 2 is 1.89 bits per heavy atom. The molecule has 5 heteroatoms. The molecule has 0 aliphatic carbocycles. The van der Waals surface area contributed by atoms with Crippen LogP contribution in [0.25, 0.3) is 0 Å². The van der Waals surface area contributed by atoms with Crippen molar-refractivity contribution in [1.82, 2.24) is 0 Å². The van der Waals surface area contributed by atoms with Gasteiger partial charge in [0.15, 0.2) is 0 Å². The highest BCUT2D eigenvalue weighted by molar-refractivity contribution is 9.10. The number of ether oxygens (including phenoxy) is 1. The van der Waals surface area contributed by atoms with Crippen molar-refractivity contribution in [3.05, 3.63) is 68.7 Å². The molecule has 0 N–H and O–H groups in total. The highest BCUT2D eigenvalue weighted by atomic mass is 79.9. The molecule has 4 nitrogen and oxygen atoms in total. The second kappa shape index (κ2) is 5.64. The second-order valence-electron chi connectivity index (χ2n) is 3.64. The van der Waals surface area contributed by atoms with Gasteiger partial charge in [-0.3, -0.25) is 10.1 Å². The maximum absolute atomic E-state index is 10.6. The number of nitro benzene ring substituents is 1. The van der Waals surface area contributed by atoms with Gasteiger partial charge in [-0.1, -0.05) is 30.3 Å². The van der Waals surface area contributed by atoms with Crippen molar-refractivity contribution in [3.8, 4) is 5.75 Å². The maximum Gasteiger partial charge on any atom is 0.283 e. The fourth-order valence-electron chi connectivity index (χ4n) is 1.47. The zero-order valence-corrected chi connectivity index (χ0v) is 11.0. The van der Waals surface area contributed by atoms with E-state index in [-0.39, 0.29) is 5.69 Å². The number of nitro groups is 1. The zero-order valence-electron chi connectivity index (χ0n) is 9.38. The third-order valence-corrected chi connectivity index (χ3v) is 3.00. The van der Waals surface area contributed by atoms with Crippen LogP contribution in [0.5, 0.6) is 5.75 Å². The highest BCUT2D eigenvalue weighted by Crippen LogP contribution is 2.29. The molecule has 0 aliphatic rings. The number of rotatable bonds is 4. The van der Waals surface area contributed by atoms with Crippen LogP contribution < -0.4 is 4.74 Å². The van der Waals surface area contributed by atoms with Crippen molar-refractivity contribution in [3.63, 3.8) is 0 Å². The normalized spacial score (nSPS) is 10.1. The first-order valence-electron chi connectivity index (χ1n) is 5.27. The summed E-state index contributed by atoms with van der Waals surface area (Å²) in [7, 11) is 0. The van der Waals surface area contributed by atoms with E-state index < -0.39 is 4.92 Å².